The van der Waals surface area contributed by atoms with Gasteiger partial charge in [0.2, 0.25) is 0 Å². The van der Waals surface area contributed by atoms with E-state index in [2.05, 4.69) is 5.32 Å². The van der Waals surface area contributed by atoms with Crippen molar-refractivity contribution < 1.29 is 13.2 Å². The molecule has 84 valence electrons. The average molecular weight is 223 g/mol. The lowest BCUT2D eigenvalue weighted by molar-refractivity contribution is -0.0986. The standard InChI is InChI=1S/C9H19F2NOSi/c1-14(2,3)13-9(8(10)11)4-6-12-7-5-9/h8,12H,4-7H2,1-3H3. The summed E-state index contributed by atoms with van der Waals surface area (Å²) in [6, 6.07) is 0. The largest absolute Gasteiger partial charge is 0.406 e. The second-order valence-electron chi connectivity index (χ2n) is 4.83. The summed E-state index contributed by atoms with van der Waals surface area (Å²) in [5.74, 6) is 0. The van der Waals surface area contributed by atoms with Crippen LogP contribution in [-0.4, -0.2) is 33.4 Å². The number of halogens is 2. The lowest BCUT2D eigenvalue weighted by Gasteiger charge is -2.41. The summed E-state index contributed by atoms with van der Waals surface area (Å²) in [6.45, 7) is 7.14. The highest BCUT2D eigenvalue weighted by Crippen LogP contribution is 2.33. The molecular formula is C9H19F2NOSi. The summed E-state index contributed by atoms with van der Waals surface area (Å²) in [5.41, 5.74) is -1.17. The molecule has 0 bridgehead atoms. The second kappa shape index (κ2) is 4.24. The van der Waals surface area contributed by atoms with E-state index in [4.69, 9.17) is 4.43 Å². The van der Waals surface area contributed by atoms with Crippen LogP contribution in [0.4, 0.5) is 8.78 Å². The Morgan fingerprint density at radius 3 is 2.07 bits per heavy atom. The number of nitrogens with one attached hydrogen (secondary N) is 1. The lowest BCUT2D eigenvalue weighted by Crippen LogP contribution is -2.53. The Kier molecular flexibility index (Phi) is 3.66. The molecule has 1 aliphatic rings. The normalized spacial score (nSPS) is 22.7. The Balaban J connectivity index is 2.71. The maximum atomic E-state index is 13.0. The van der Waals surface area contributed by atoms with Crippen LogP contribution in [0.1, 0.15) is 12.8 Å². The molecule has 1 fully saturated rings. The average Bonchev–Trinajstić information content (AvgIpc) is 2.02. The van der Waals surface area contributed by atoms with Crippen molar-refractivity contribution in [3.05, 3.63) is 0 Å². The summed E-state index contributed by atoms with van der Waals surface area (Å²) in [7, 11) is -1.89. The molecule has 0 amide bonds. The number of piperidine rings is 1. The minimum Gasteiger partial charge on any atom is -0.406 e. The third-order valence-corrected chi connectivity index (χ3v) is 3.38. The molecular weight excluding hydrogens is 204 g/mol. The third kappa shape index (κ3) is 3.00. The topological polar surface area (TPSA) is 21.3 Å². The number of alkyl halides is 2. The number of hydrogen-bond donors (Lipinski definition) is 1. The van der Waals surface area contributed by atoms with Gasteiger partial charge in [-0.05, 0) is 45.6 Å². The molecule has 0 aromatic carbocycles. The van der Waals surface area contributed by atoms with Crippen LogP contribution in [0.5, 0.6) is 0 Å². The van der Waals surface area contributed by atoms with Crippen LogP contribution in [0.15, 0.2) is 0 Å². The van der Waals surface area contributed by atoms with Gasteiger partial charge in [-0.15, -0.1) is 0 Å². The zero-order chi connectivity index (χ0) is 10.8. The molecule has 1 rings (SSSR count). The van der Waals surface area contributed by atoms with Crippen LogP contribution in [0.3, 0.4) is 0 Å². The molecule has 1 heterocycles. The molecule has 5 heteroatoms. The highest BCUT2D eigenvalue weighted by atomic mass is 28.4. The summed E-state index contributed by atoms with van der Waals surface area (Å²) in [5, 5.41) is 3.08. The maximum absolute atomic E-state index is 13.0. The maximum Gasteiger partial charge on any atom is 0.265 e. The molecule has 14 heavy (non-hydrogen) atoms. The van der Waals surface area contributed by atoms with Crippen LogP contribution < -0.4 is 5.32 Å². The Morgan fingerprint density at radius 1 is 1.21 bits per heavy atom. The van der Waals surface area contributed by atoms with Crippen molar-refractivity contribution in [1.29, 1.82) is 0 Å². The van der Waals surface area contributed by atoms with E-state index in [0.717, 1.165) is 0 Å². The van der Waals surface area contributed by atoms with Gasteiger partial charge in [0.15, 0.2) is 8.32 Å². The molecule has 1 N–H and O–H groups in total. The first-order chi connectivity index (χ1) is 6.36. The van der Waals surface area contributed by atoms with Crippen LogP contribution >= 0.6 is 0 Å². The molecule has 0 unspecified atom stereocenters. The van der Waals surface area contributed by atoms with Crippen molar-refractivity contribution in [2.45, 2.75) is 44.5 Å². The Labute approximate surface area is 85.2 Å². The smallest absolute Gasteiger partial charge is 0.265 e. The lowest BCUT2D eigenvalue weighted by atomic mass is 9.93. The molecule has 0 aromatic rings. The molecule has 1 aliphatic heterocycles. The molecule has 0 spiro atoms. The Morgan fingerprint density at radius 2 is 1.71 bits per heavy atom. The Bertz CT molecular complexity index is 188. The summed E-state index contributed by atoms with van der Waals surface area (Å²) in [4.78, 5) is 0. The van der Waals surface area contributed by atoms with Gasteiger partial charge in [-0.2, -0.15) is 0 Å². The molecule has 1 saturated heterocycles. The van der Waals surface area contributed by atoms with Gasteiger partial charge in [-0.3, -0.25) is 0 Å². The minimum absolute atomic E-state index is 0.426. The first-order valence-corrected chi connectivity index (χ1v) is 8.46. The number of rotatable bonds is 3. The van der Waals surface area contributed by atoms with Crippen molar-refractivity contribution in [2.75, 3.05) is 13.1 Å². The van der Waals surface area contributed by atoms with Crippen molar-refractivity contribution in [3.63, 3.8) is 0 Å². The fourth-order valence-corrected chi connectivity index (χ4v) is 3.34. The fourth-order valence-electron chi connectivity index (χ4n) is 1.82. The highest BCUT2D eigenvalue weighted by molar-refractivity contribution is 6.69. The number of hydrogen-bond acceptors (Lipinski definition) is 2. The summed E-state index contributed by atoms with van der Waals surface area (Å²) < 4.78 is 31.6. The van der Waals surface area contributed by atoms with Gasteiger partial charge in [-0.1, -0.05) is 0 Å². The summed E-state index contributed by atoms with van der Waals surface area (Å²) >= 11 is 0. The van der Waals surface area contributed by atoms with Crippen LogP contribution in [0.25, 0.3) is 0 Å². The van der Waals surface area contributed by atoms with Crippen molar-refractivity contribution >= 4 is 8.32 Å². The minimum atomic E-state index is -2.36. The van der Waals surface area contributed by atoms with Gasteiger partial charge in [0.05, 0.1) is 0 Å². The molecule has 0 radical (unpaired) electrons. The molecule has 0 aromatic heterocycles. The highest BCUT2D eigenvalue weighted by Gasteiger charge is 2.44. The van der Waals surface area contributed by atoms with Crippen molar-refractivity contribution in [2.24, 2.45) is 0 Å². The van der Waals surface area contributed by atoms with Gasteiger partial charge >= 0.3 is 0 Å². The zero-order valence-electron chi connectivity index (χ0n) is 9.07. The van der Waals surface area contributed by atoms with E-state index in [-0.39, 0.29) is 0 Å². The molecule has 2 nitrogen and oxygen atoms in total. The van der Waals surface area contributed by atoms with Crippen molar-refractivity contribution in [1.82, 2.24) is 5.32 Å². The first-order valence-electron chi connectivity index (χ1n) is 5.05. The SMILES string of the molecule is C[Si](C)(C)OC1(C(F)F)CCNCC1. The van der Waals surface area contributed by atoms with Gasteiger partial charge in [0.1, 0.15) is 5.60 Å². The van der Waals surface area contributed by atoms with Gasteiger partial charge in [0, 0.05) is 0 Å². The summed E-state index contributed by atoms with van der Waals surface area (Å²) in [6.07, 6.45) is -1.51. The van der Waals surface area contributed by atoms with E-state index in [0.29, 0.717) is 25.9 Å². The van der Waals surface area contributed by atoms with Crippen LogP contribution in [-0.2, 0) is 4.43 Å². The van der Waals surface area contributed by atoms with E-state index in [9.17, 15) is 8.78 Å². The second-order valence-corrected chi connectivity index (χ2v) is 9.26. The fraction of sp³-hybridized carbons (Fsp3) is 1.00. The van der Waals surface area contributed by atoms with Crippen molar-refractivity contribution in [3.8, 4) is 0 Å². The van der Waals surface area contributed by atoms with Gasteiger partial charge in [0.25, 0.3) is 6.43 Å². The molecule has 0 saturated carbocycles. The Hall–Kier alpha value is -0.00312. The monoisotopic (exact) mass is 223 g/mol. The van der Waals surface area contributed by atoms with Crippen LogP contribution in [0.2, 0.25) is 19.6 Å². The van der Waals surface area contributed by atoms with Gasteiger partial charge in [-0.25, -0.2) is 8.78 Å². The quantitative estimate of drug-likeness (QED) is 0.741. The molecule has 0 atom stereocenters. The van der Waals surface area contributed by atoms with Gasteiger partial charge < -0.3 is 9.74 Å². The van der Waals surface area contributed by atoms with E-state index in [1.165, 1.54) is 0 Å². The first kappa shape index (κ1) is 12.1. The predicted octanol–water partition coefficient (Wildman–Crippen LogP) is 2.23. The van der Waals surface area contributed by atoms with E-state index in [1.807, 2.05) is 19.6 Å². The van der Waals surface area contributed by atoms with E-state index < -0.39 is 20.3 Å². The van der Waals surface area contributed by atoms with E-state index in [1.54, 1.807) is 0 Å². The van der Waals surface area contributed by atoms with E-state index >= 15 is 0 Å². The predicted molar refractivity (Wildman–Crippen MR) is 55.3 cm³/mol. The third-order valence-electron chi connectivity index (χ3n) is 2.36. The van der Waals surface area contributed by atoms with Crippen LogP contribution in [0, 0.1) is 0 Å². The zero-order valence-corrected chi connectivity index (χ0v) is 10.1. The molecule has 0 aliphatic carbocycles.